The van der Waals surface area contributed by atoms with Crippen molar-refractivity contribution in [2.75, 3.05) is 0 Å². The Bertz CT molecular complexity index is 775. The molecule has 0 aliphatic rings. The Balaban J connectivity index is 2.31. The van der Waals surface area contributed by atoms with Gasteiger partial charge in [0.1, 0.15) is 11.8 Å². The molecular formula is C15H12N2O2. The standard InChI is InChI=1S/C15H12N2O2/c1-10-5-2-3-7-12(10)17-9-16-14-11(15(18)19)6-4-8-13(14)17/h2-9H,1H3,(H,18,19). The second kappa shape index (κ2) is 4.24. The van der Waals surface area contributed by atoms with E-state index in [-0.39, 0.29) is 5.56 Å². The van der Waals surface area contributed by atoms with Crippen molar-refractivity contribution in [3.63, 3.8) is 0 Å². The van der Waals surface area contributed by atoms with Gasteiger partial charge in [0, 0.05) is 0 Å². The van der Waals surface area contributed by atoms with E-state index in [4.69, 9.17) is 5.11 Å². The van der Waals surface area contributed by atoms with Crippen LogP contribution in [0.25, 0.3) is 16.7 Å². The zero-order valence-electron chi connectivity index (χ0n) is 10.4. The highest BCUT2D eigenvalue weighted by Gasteiger charge is 2.13. The number of aromatic carboxylic acids is 1. The summed E-state index contributed by atoms with van der Waals surface area (Å²) in [7, 11) is 0. The molecule has 0 aliphatic heterocycles. The third kappa shape index (κ3) is 1.78. The van der Waals surface area contributed by atoms with E-state index in [9.17, 15) is 4.79 Å². The number of rotatable bonds is 2. The van der Waals surface area contributed by atoms with Crippen LogP contribution in [0, 0.1) is 6.92 Å². The third-order valence-corrected chi connectivity index (χ3v) is 3.18. The minimum absolute atomic E-state index is 0.227. The molecule has 0 saturated heterocycles. The van der Waals surface area contributed by atoms with Crippen molar-refractivity contribution < 1.29 is 9.90 Å². The van der Waals surface area contributed by atoms with Crippen LogP contribution in [0.5, 0.6) is 0 Å². The predicted octanol–water partition coefficient (Wildman–Crippen LogP) is 3.03. The van der Waals surface area contributed by atoms with Crippen molar-refractivity contribution in [3.05, 3.63) is 59.9 Å². The van der Waals surface area contributed by atoms with Crippen LogP contribution in [0.15, 0.2) is 48.8 Å². The Morgan fingerprint density at radius 3 is 2.68 bits per heavy atom. The zero-order valence-corrected chi connectivity index (χ0v) is 10.4. The highest BCUT2D eigenvalue weighted by Crippen LogP contribution is 2.22. The molecule has 3 aromatic rings. The van der Waals surface area contributed by atoms with Gasteiger partial charge in [0.05, 0.1) is 16.8 Å². The van der Waals surface area contributed by atoms with Crippen LogP contribution in [-0.4, -0.2) is 20.6 Å². The van der Waals surface area contributed by atoms with Gasteiger partial charge in [0.15, 0.2) is 0 Å². The lowest BCUT2D eigenvalue weighted by molar-refractivity contribution is 0.0699. The lowest BCUT2D eigenvalue weighted by Crippen LogP contribution is -1.98. The molecule has 0 spiro atoms. The van der Waals surface area contributed by atoms with E-state index in [2.05, 4.69) is 4.98 Å². The van der Waals surface area contributed by atoms with E-state index >= 15 is 0 Å². The van der Waals surface area contributed by atoms with Crippen molar-refractivity contribution in [3.8, 4) is 5.69 Å². The van der Waals surface area contributed by atoms with Gasteiger partial charge in [-0.25, -0.2) is 9.78 Å². The number of carboxylic acids is 1. The number of nitrogens with zero attached hydrogens (tertiary/aromatic N) is 2. The maximum Gasteiger partial charge on any atom is 0.337 e. The van der Waals surface area contributed by atoms with Gasteiger partial charge in [-0.05, 0) is 30.7 Å². The number of para-hydroxylation sites is 2. The number of fused-ring (bicyclic) bond motifs is 1. The van der Waals surface area contributed by atoms with Crippen LogP contribution >= 0.6 is 0 Å². The van der Waals surface area contributed by atoms with Gasteiger partial charge in [-0.3, -0.25) is 4.57 Å². The maximum atomic E-state index is 11.2. The number of hydrogen-bond donors (Lipinski definition) is 1. The highest BCUT2D eigenvalue weighted by atomic mass is 16.4. The van der Waals surface area contributed by atoms with Gasteiger partial charge in [-0.1, -0.05) is 24.3 Å². The van der Waals surface area contributed by atoms with E-state index < -0.39 is 5.97 Å². The Hall–Kier alpha value is -2.62. The molecule has 0 bridgehead atoms. The number of carbonyl (C=O) groups is 1. The summed E-state index contributed by atoms with van der Waals surface area (Å²) < 4.78 is 1.91. The summed E-state index contributed by atoms with van der Waals surface area (Å²) in [4.78, 5) is 15.4. The van der Waals surface area contributed by atoms with Crippen LogP contribution in [0.1, 0.15) is 15.9 Å². The van der Waals surface area contributed by atoms with Gasteiger partial charge in [0.25, 0.3) is 0 Å². The van der Waals surface area contributed by atoms with Crippen molar-refractivity contribution in [2.45, 2.75) is 6.92 Å². The molecule has 0 amide bonds. The van der Waals surface area contributed by atoms with Crippen LogP contribution < -0.4 is 0 Å². The number of hydrogen-bond acceptors (Lipinski definition) is 2. The van der Waals surface area contributed by atoms with Crippen LogP contribution in [0.2, 0.25) is 0 Å². The first-order valence-corrected chi connectivity index (χ1v) is 5.94. The monoisotopic (exact) mass is 252 g/mol. The third-order valence-electron chi connectivity index (χ3n) is 3.18. The largest absolute Gasteiger partial charge is 0.478 e. The van der Waals surface area contributed by atoms with Crippen LogP contribution in [0.3, 0.4) is 0 Å². The van der Waals surface area contributed by atoms with Gasteiger partial charge in [-0.2, -0.15) is 0 Å². The van der Waals surface area contributed by atoms with E-state index in [1.165, 1.54) is 0 Å². The van der Waals surface area contributed by atoms with Gasteiger partial charge in [-0.15, -0.1) is 0 Å². The summed E-state index contributed by atoms with van der Waals surface area (Å²) in [6, 6.07) is 13.1. The topological polar surface area (TPSA) is 55.1 Å². The second-order valence-electron chi connectivity index (χ2n) is 4.38. The quantitative estimate of drug-likeness (QED) is 0.762. The Morgan fingerprint density at radius 1 is 1.16 bits per heavy atom. The zero-order chi connectivity index (χ0) is 13.4. The molecule has 4 nitrogen and oxygen atoms in total. The molecule has 3 rings (SSSR count). The molecule has 19 heavy (non-hydrogen) atoms. The molecule has 0 fully saturated rings. The normalized spacial score (nSPS) is 10.8. The summed E-state index contributed by atoms with van der Waals surface area (Å²) in [6.07, 6.45) is 1.67. The van der Waals surface area contributed by atoms with E-state index in [1.807, 2.05) is 41.8 Å². The summed E-state index contributed by atoms with van der Waals surface area (Å²) in [6.45, 7) is 2.02. The molecule has 0 aliphatic carbocycles. The predicted molar refractivity (Wildman–Crippen MR) is 72.8 cm³/mol. The van der Waals surface area contributed by atoms with Crippen molar-refractivity contribution in [1.29, 1.82) is 0 Å². The molecule has 2 aromatic carbocycles. The smallest absolute Gasteiger partial charge is 0.337 e. The first kappa shape index (κ1) is 11.5. The van der Waals surface area contributed by atoms with Gasteiger partial charge >= 0.3 is 5.97 Å². The summed E-state index contributed by atoms with van der Waals surface area (Å²) in [5.74, 6) is -0.958. The van der Waals surface area contributed by atoms with E-state index in [1.54, 1.807) is 18.5 Å². The van der Waals surface area contributed by atoms with Gasteiger partial charge in [0.2, 0.25) is 0 Å². The van der Waals surface area contributed by atoms with Crippen molar-refractivity contribution in [1.82, 2.24) is 9.55 Å². The Morgan fingerprint density at radius 2 is 1.95 bits per heavy atom. The average molecular weight is 252 g/mol. The molecule has 0 saturated carbocycles. The molecule has 0 atom stereocenters. The SMILES string of the molecule is Cc1ccccc1-n1cnc2c(C(=O)O)cccc21. The lowest BCUT2D eigenvalue weighted by Gasteiger charge is -2.07. The van der Waals surface area contributed by atoms with Crippen LogP contribution in [-0.2, 0) is 0 Å². The number of aromatic nitrogens is 2. The number of imidazole rings is 1. The minimum atomic E-state index is -0.958. The second-order valence-corrected chi connectivity index (χ2v) is 4.38. The molecular weight excluding hydrogens is 240 g/mol. The van der Waals surface area contributed by atoms with Gasteiger partial charge < -0.3 is 5.11 Å². The summed E-state index contributed by atoms with van der Waals surface area (Å²) >= 11 is 0. The minimum Gasteiger partial charge on any atom is -0.478 e. The highest BCUT2D eigenvalue weighted by molar-refractivity contribution is 6.01. The first-order valence-electron chi connectivity index (χ1n) is 5.94. The number of carboxylic acid groups (broad SMARTS) is 1. The first-order chi connectivity index (χ1) is 9.18. The number of benzene rings is 2. The fourth-order valence-corrected chi connectivity index (χ4v) is 2.24. The molecule has 94 valence electrons. The van der Waals surface area contributed by atoms with Crippen molar-refractivity contribution in [2.24, 2.45) is 0 Å². The summed E-state index contributed by atoms with van der Waals surface area (Å²) in [5.41, 5.74) is 3.66. The van der Waals surface area contributed by atoms with Crippen molar-refractivity contribution >= 4 is 17.0 Å². The van der Waals surface area contributed by atoms with E-state index in [0.29, 0.717) is 5.52 Å². The lowest BCUT2D eigenvalue weighted by atomic mass is 10.1. The summed E-state index contributed by atoms with van der Waals surface area (Å²) in [5, 5.41) is 9.17. The molecule has 1 heterocycles. The Kier molecular flexibility index (Phi) is 2.56. The molecule has 0 radical (unpaired) electrons. The molecule has 1 N–H and O–H groups in total. The number of aryl methyl sites for hydroxylation is 1. The molecule has 1 aromatic heterocycles. The fraction of sp³-hybridized carbons (Fsp3) is 0.0667. The fourth-order valence-electron chi connectivity index (χ4n) is 2.24. The average Bonchev–Trinajstić information content (AvgIpc) is 2.82. The molecule has 0 unspecified atom stereocenters. The molecule has 4 heteroatoms. The van der Waals surface area contributed by atoms with E-state index in [0.717, 1.165) is 16.8 Å². The maximum absolute atomic E-state index is 11.2. The van der Waals surface area contributed by atoms with Crippen LogP contribution in [0.4, 0.5) is 0 Å². The Labute approximate surface area is 109 Å².